The van der Waals surface area contributed by atoms with Crippen molar-refractivity contribution in [3.63, 3.8) is 0 Å². The number of urea groups is 2. The number of aromatic hydroxyl groups is 1. The number of hydrogen-bond donors (Lipinski definition) is 6. The van der Waals surface area contributed by atoms with E-state index in [0.29, 0.717) is 10.7 Å². The number of nitrogens with one attached hydrogen (secondary N) is 4. The standard InChI is InChI=1S/C25H26N12O8S2.Na/c1-35-18(40)13(7-27-23(35)31-22(26)44)28-24(45)30-14(10-3-5-12(38)6-4-10)17(39)29-15-19(41)37-16(21(42)43)11(8-46-20(15)37)9-47-25-32-33-34-36(25)2;/h3-7,14-15,20,38H,8-9H2,1-2H3,(H,29,39)(H,42,43)(H2,28,30,45)(H3,26,27,31,44);/q;+1/p-1/t14?,15?,20-;/m0./s1. The van der Waals surface area contributed by atoms with Gasteiger partial charge in [-0.25, -0.2) is 19.3 Å². The van der Waals surface area contributed by atoms with Gasteiger partial charge in [0.05, 0.1) is 17.9 Å². The van der Waals surface area contributed by atoms with E-state index in [4.69, 9.17) is 5.73 Å². The van der Waals surface area contributed by atoms with Crippen LogP contribution >= 0.6 is 23.5 Å². The quantitative estimate of drug-likeness (QED) is 0.0651. The average Bonchev–Trinajstić information content (AvgIpc) is 3.45. The normalized spacial score (nSPS) is 17.3. The molecular weight excluding hydrogens is 683 g/mol. The van der Waals surface area contributed by atoms with Crippen LogP contribution in [0.2, 0.25) is 0 Å². The average molecular weight is 709 g/mol. The molecule has 1 fully saturated rings. The van der Waals surface area contributed by atoms with E-state index in [1.54, 1.807) is 7.05 Å². The van der Waals surface area contributed by atoms with Crippen LogP contribution in [0.5, 0.6) is 5.75 Å². The van der Waals surface area contributed by atoms with Crippen molar-refractivity contribution in [2.24, 2.45) is 19.8 Å². The van der Waals surface area contributed by atoms with Crippen molar-refractivity contribution in [2.45, 2.75) is 22.6 Å². The molecule has 2 aromatic heterocycles. The van der Waals surface area contributed by atoms with E-state index in [-0.39, 0.29) is 69.7 Å². The number of carboxylic acid groups (broad SMARTS) is 1. The fourth-order valence-electron chi connectivity index (χ4n) is 4.63. The Hall–Kier alpha value is -4.64. The summed E-state index contributed by atoms with van der Waals surface area (Å²) in [5.41, 5.74) is 4.31. The fourth-order valence-corrected chi connectivity index (χ4v) is 6.96. The molecule has 0 saturated carbocycles. The van der Waals surface area contributed by atoms with Gasteiger partial charge in [0, 0.05) is 25.6 Å². The van der Waals surface area contributed by atoms with Crippen molar-refractivity contribution >= 4 is 65.0 Å². The number of rotatable bonds is 10. The maximum Gasteiger partial charge on any atom is 1.00 e. The number of nitrogens with zero attached hydrogens (tertiary/aromatic N) is 7. The van der Waals surface area contributed by atoms with Crippen LogP contribution in [0.3, 0.4) is 0 Å². The Morgan fingerprint density at radius 1 is 1.17 bits per heavy atom. The summed E-state index contributed by atoms with van der Waals surface area (Å²) in [7, 11) is 2.90. The number of carboxylic acids is 1. The minimum absolute atomic E-state index is 0. The molecule has 5 rings (SSSR count). The molecular formula is C25H25N12NaO8S2. The van der Waals surface area contributed by atoms with Crippen molar-refractivity contribution < 1.29 is 63.7 Å². The SMILES string of the molecule is Cn1nnnc1SCC1=C(C(=O)[O-])N2C(=O)C(NC(=O)C(NC(=O)Nc3cnc(NC(N)=O)n(C)c3=O)c3ccc(O)cc3)[C@@H]2SC1.[Na+]. The zero-order valence-corrected chi connectivity index (χ0v) is 29.0. The molecule has 1 saturated heterocycles. The van der Waals surface area contributed by atoms with Gasteiger partial charge in [-0.1, -0.05) is 23.9 Å². The van der Waals surface area contributed by atoms with E-state index in [2.05, 4.69) is 41.8 Å². The number of primary amides is 1. The van der Waals surface area contributed by atoms with Gasteiger partial charge in [0.25, 0.3) is 11.5 Å². The molecule has 0 spiro atoms. The Morgan fingerprint density at radius 2 is 1.88 bits per heavy atom. The number of fused-ring (bicyclic) bond motifs is 1. The summed E-state index contributed by atoms with van der Waals surface area (Å²) >= 11 is 2.41. The van der Waals surface area contributed by atoms with E-state index in [9.17, 15) is 39.0 Å². The number of aliphatic carboxylic acids is 1. The van der Waals surface area contributed by atoms with E-state index >= 15 is 0 Å². The number of amides is 6. The fraction of sp³-hybridized carbons (Fsp3) is 0.280. The van der Waals surface area contributed by atoms with Gasteiger partial charge in [-0.05, 0) is 33.7 Å². The van der Waals surface area contributed by atoms with Gasteiger partial charge in [-0.3, -0.25) is 29.2 Å². The maximum atomic E-state index is 13.6. The van der Waals surface area contributed by atoms with Crippen LogP contribution in [0.15, 0.2) is 51.7 Å². The molecule has 48 heavy (non-hydrogen) atoms. The van der Waals surface area contributed by atoms with Gasteiger partial charge >= 0.3 is 41.6 Å². The Morgan fingerprint density at radius 3 is 2.50 bits per heavy atom. The molecule has 3 atom stereocenters. The third-order valence-corrected chi connectivity index (χ3v) is 9.35. The molecule has 0 aliphatic carbocycles. The number of anilines is 2. The van der Waals surface area contributed by atoms with Gasteiger partial charge in [0.15, 0.2) is 0 Å². The Kier molecular flexibility index (Phi) is 11.4. The molecule has 0 bridgehead atoms. The molecule has 0 radical (unpaired) electrons. The second kappa shape index (κ2) is 15.1. The predicted molar refractivity (Wildman–Crippen MR) is 162 cm³/mol. The van der Waals surface area contributed by atoms with Crippen LogP contribution < -0.4 is 67.2 Å². The predicted octanol–water partition coefficient (Wildman–Crippen LogP) is -5.44. The van der Waals surface area contributed by atoms with Crippen LogP contribution in [0.25, 0.3) is 0 Å². The first-order chi connectivity index (χ1) is 22.3. The monoisotopic (exact) mass is 708 g/mol. The molecule has 2 aliphatic rings. The van der Waals surface area contributed by atoms with Crippen LogP contribution in [0, 0.1) is 0 Å². The van der Waals surface area contributed by atoms with Crippen LogP contribution in [-0.2, 0) is 28.5 Å². The van der Waals surface area contributed by atoms with Crippen molar-refractivity contribution in [1.82, 2.24) is 45.3 Å². The first kappa shape index (κ1) is 36.2. The second-order valence-corrected chi connectivity index (χ2v) is 12.0. The number of phenolic OH excluding ortho intramolecular Hbond substituents is 1. The minimum Gasteiger partial charge on any atom is -0.543 e. The summed E-state index contributed by atoms with van der Waals surface area (Å²) in [4.78, 5) is 80.6. The Bertz CT molecular complexity index is 1870. The number of carbonyl (C=O) groups is 5. The number of benzene rings is 1. The van der Waals surface area contributed by atoms with Crippen molar-refractivity contribution in [3.8, 4) is 5.75 Å². The van der Waals surface area contributed by atoms with Crippen LogP contribution in [0.1, 0.15) is 11.6 Å². The van der Waals surface area contributed by atoms with Gasteiger partial charge in [0.2, 0.25) is 17.0 Å². The van der Waals surface area contributed by atoms with E-state index in [1.165, 1.54) is 59.5 Å². The molecule has 3 aromatic rings. The third kappa shape index (κ3) is 7.57. The number of phenols is 1. The molecule has 4 heterocycles. The molecule has 6 amide bonds. The Labute approximate surface area is 300 Å². The van der Waals surface area contributed by atoms with E-state index in [1.807, 2.05) is 0 Å². The van der Waals surface area contributed by atoms with Gasteiger partial charge in [-0.2, -0.15) is 0 Å². The molecule has 246 valence electrons. The minimum atomic E-state index is -1.56. The first-order valence-electron chi connectivity index (χ1n) is 13.4. The maximum absolute atomic E-state index is 13.6. The number of nitrogens with two attached hydrogens (primary N) is 1. The topological polar surface area (TPSA) is 285 Å². The zero-order chi connectivity index (χ0) is 34.0. The zero-order valence-electron chi connectivity index (χ0n) is 25.4. The third-order valence-electron chi connectivity index (χ3n) is 6.91. The summed E-state index contributed by atoms with van der Waals surface area (Å²) in [6.07, 6.45) is 0.976. The second-order valence-electron chi connectivity index (χ2n) is 9.98. The summed E-state index contributed by atoms with van der Waals surface area (Å²) in [5, 5.41) is 42.1. The first-order valence-corrected chi connectivity index (χ1v) is 15.4. The number of aryl methyl sites for hydroxylation is 1. The number of aromatic nitrogens is 6. The van der Waals surface area contributed by atoms with E-state index in [0.717, 1.165) is 15.7 Å². The van der Waals surface area contributed by atoms with Gasteiger partial charge < -0.3 is 36.7 Å². The number of thioether (sulfide) groups is 2. The molecule has 2 aliphatic heterocycles. The molecule has 1 aromatic carbocycles. The number of β-lactam (4-membered cyclic amide) rings is 1. The van der Waals surface area contributed by atoms with Crippen molar-refractivity contribution in [2.75, 3.05) is 22.1 Å². The molecule has 20 nitrogen and oxygen atoms in total. The Balaban J connectivity index is 0.00000520. The van der Waals surface area contributed by atoms with E-state index < -0.39 is 52.9 Å². The number of carbonyl (C=O) groups excluding carboxylic acids is 5. The summed E-state index contributed by atoms with van der Waals surface area (Å²) in [6.45, 7) is 0. The smallest absolute Gasteiger partial charge is 0.543 e. The van der Waals surface area contributed by atoms with Crippen molar-refractivity contribution in [3.05, 3.63) is 57.6 Å². The van der Waals surface area contributed by atoms with Crippen LogP contribution in [0.4, 0.5) is 21.2 Å². The van der Waals surface area contributed by atoms with Gasteiger partial charge in [-0.15, -0.1) is 16.9 Å². The van der Waals surface area contributed by atoms with Crippen LogP contribution in [-0.4, -0.2) is 92.5 Å². The number of tetrazole rings is 1. The van der Waals surface area contributed by atoms with Gasteiger partial charge in [0.1, 0.15) is 28.9 Å². The summed E-state index contributed by atoms with van der Waals surface area (Å²) < 4.78 is 2.34. The molecule has 23 heteroatoms. The largest absolute Gasteiger partial charge is 1.00 e. The summed E-state index contributed by atoms with van der Waals surface area (Å²) in [5.74, 6) is -3.02. The molecule has 2 unspecified atom stereocenters. The number of hydrogen-bond acceptors (Lipinski definition) is 14. The summed E-state index contributed by atoms with van der Waals surface area (Å²) in [6, 6.07) is 0.720. The van der Waals surface area contributed by atoms with Crippen molar-refractivity contribution in [1.29, 1.82) is 0 Å². The molecule has 7 N–H and O–H groups in total.